The second kappa shape index (κ2) is 6.78. The van der Waals surface area contributed by atoms with Crippen molar-refractivity contribution >= 4 is 0 Å². The summed E-state index contributed by atoms with van der Waals surface area (Å²) in [4.78, 5) is 0. The Morgan fingerprint density at radius 1 is 1.50 bits per heavy atom. The van der Waals surface area contributed by atoms with Gasteiger partial charge in [0.05, 0.1) is 12.7 Å². The Balaban J connectivity index is 3.24. The molecule has 0 saturated heterocycles. The minimum Gasteiger partial charge on any atom is -0.392 e. The van der Waals surface area contributed by atoms with E-state index in [2.05, 4.69) is 6.92 Å². The van der Waals surface area contributed by atoms with Gasteiger partial charge in [0.15, 0.2) is 0 Å². The lowest BCUT2D eigenvalue weighted by atomic mass is 10.1. The lowest BCUT2D eigenvalue weighted by Crippen LogP contribution is -2.01. The zero-order valence-electron chi connectivity index (χ0n) is 6.45. The first-order chi connectivity index (χ1) is 4.81. The number of unbranched alkanes of at least 4 members (excludes halogenated alkanes) is 1. The van der Waals surface area contributed by atoms with Crippen LogP contribution in [-0.4, -0.2) is 22.9 Å². The molecule has 0 amide bonds. The van der Waals surface area contributed by atoms with Gasteiger partial charge in [0.1, 0.15) is 0 Å². The van der Waals surface area contributed by atoms with Crippen molar-refractivity contribution in [1.29, 1.82) is 0 Å². The van der Waals surface area contributed by atoms with E-state index < -0.39 is 0 Å². The van der Waals surface area contributed by atoms with Crippen molar-refractivity contribution in [1.82, 2.24) is 0 Å². The van der Waals surface area contributed by atoms with Gasteiger partial charge in [-0.25, -0.2) is 0 Å². The molecule has 0 aromatic carbocycles. The van der Waals surface area contributed by atoms with Crippen LogP contribution < -0.4 is 0 Å². The molecule has 0 heterocycles. The molecule has 0 aromatic rings. The highest BCUT2D eigenvalue weighted by Gasteiger charge is 1.95. The summed E-state index contributed by atoms with van der Waals surface area (Å²) in [6.45, 7) is 2.10. The highest BCUT2D eigenvalue weighted by atomic mass is 16.3. The molecule has 1 unspecified atom stereocenters. The van der Waals surface area contributed by atoms with Crippen LogP contribution in [0.5, 0.6) is 0 Å². The summed E-state index contributed by atoms with van der Waals surface area (Å²) in [6, 6.07) is 0. The van der Waals surface area contributed by atoms with Gasteiger partial charge < -0.3 is 10.2 Å². The normalized spacial score (nSPS) is 14.3. The second-order valence-corrected chi connectivity index (χ2v) is 2.32. The van der Waals surface area contributed by atoms with Crippen LogP contribution >= 0.6 is 0 Å². The molecule has 0 saturated carbocycles. The predicted octanol–water partition coefficient (Wildman–Crippen LogP) is 1.09. The van der Waals surface area contributed by atoms with Gasteiger partial charge in [-0.15, -0.1) is 0 Å². The molecule has 0 radical (unpaired) electrons. The zero-order valence-corrected chi connectivity index (χ0v) is 6.45. The summed E-state index contributed by atoms with van der Waals surface area (Å²) in [5, 5.41) is 17.5. The van der Waals surface area contributed by atoms with E-state index in [4.69, 9.17) is 10.2 Å². The molecule has 0 aliphatic rings. The molecule has 0 spiro atoms. The summed E-state index contributed by atoms with van der Waals surface area (Å²) in [7, 11) is 0. The fourth-order valence-electron chi connectivity index (χ4n) is 0.727. The molecule has 0 fully saturated rings. The van der Waals surface area contributed by atoms with E-state index in [1.54, 1.807) is 12.2 Å². The molecule has 0 aromatic heterocycles. The van der Waals surface area contributed by atoms with Gasteiger partial charge in [-0.2, -0.15) is 0 Å². The van der Waals surface area contributed by atoms with Crippen LogP contribution in [-0.2, 0) is 0 Å². The molecule has 2 nitrogen and oxygen atoms in total. The molecule has 2 heteroatoms. The van der Waals surface area contributed by atoms with E-state index in [0.717, 1.165) is 19.3 Å². The summed E-state index contributed by atoms with van der Waals surface area (Å²) in [6.07, 6.45) is 5.77. The Bertz CT molecular complexity index is 89.3. The van der Waals surface area contributed by atoms with Crippen LogP contribution in [0.4, 0.5) is 0 Å². The maximum Gasteiger partial charge on any atom is 0.0721 e. The molecule has 0 aliphatic heterocycles. The predicted molar refractivity (Wildman–Crippen MR) is 41.8 cm³/mol. The molecule has 0 aliphatic carbocycles. The number of aliphatic hydroxyl groups is 2. The SMILES string of the molecule is CCCCC(O)/C=C\CO. The molecular weight excluding hydrogens is 128 g/mol. The van der Waals surface area contributed by atoms with Gasteiger partial charge in [-0.3, -0.25) is 0 Å². The van der Waals surface area contributed by atoms with Crippen LogP contribution in [0.15, 0.2) is 12.2 Å². The van der Waals surface area contributed by atoms with Crippen molar-refractivity contribution < 1.29 is 10.2 Å². The minimum absolute atomic E-state index is 0.0170. The Kier molecular flexibility index (Phi) is 6.55. The van der Waals surface area contributed by atoms with E-state index in [1.165, 1.54) is 0 Å². The number of aliphatic hydroxyl groups excluding tert-OH is 2. The second-order valence-electron chi connectivity index (χ2n) is 2.32. The van der Waals surface area contributed by atoms with Crippen LogP contribution in [0, 0.1) is 0 Å². The maximum absolute atomic E-state index is 9.11. The fourth-order valence-corrected chi connectivity index (χ4v) is 0.727. The molecular formula is C8H16O2. The molecule has 60 valence electrons. The van der Waals surface area contributed by atoms with Crippen LogP contribution in [0.1, 0.15) is 26.2 Å². The Hall–Kier alpha value is -0.340. The van der Waals surface area contributed by atoms with Crippen LogP contribution in [0.25, 0.3) is 0 Å². The molecule has 0 bridgehead atoms. The van der Waals surface area contributed by atoms with Crippen molar-refractivity contribution in [2.45, 2.75) is 32.3 Å². The molecule has 2 N–H and O–H groups in total. The van der Waals surface area contributed by atoms with Crippen LogP contribution in [0.2, 0.25) is 0 Å². The summed E-state index contributed by atoms with van der Waals surface area (Å²) in [5.41, 5.74) is 0. The van der Waals surface area contributed by atoms with Gasteiger partial charge in [-0.1, -0.05) is 31.9 Å². The van der Waals surface area contributed by atoms with Crippen molar-refractivity contribution in [2.75, 3.05) is 6.61 Å². The Morgan fingerprint density at radius 3 is 2.70 bits per heavy atom. The highest BCUT2D eigenvalue weighted by molar-refractivity contribution is 4.87. The number of rotatable bonds is 5. The van der Waals surface area contributed by atoms with E-state index >= 15 is 0 Å². The molecule has 10 heavy (non-hydrogen) atoms. The van der Waals surface area contributed by atoms with Gasteiger partial charge in [0, 0.05) is 0 Å². The average molecular weight is 144 g/mol. The summed E-state index contributed by atoms with van der Waals surface area (Å²) < 4.78 is 0. The van der Waals surface area contributed by atoms with E-state index in [0.29, 0.717) is 0 Å². The van der Waals surface area contributed by atoms with Crippen molar-refractivity contribution in [3.63, 3.8) is 0 Å². The lowest BCUT2D eigenvalue weighted by molar-refractivity contribution is 0.207. The quantitative estimate of drug-likeness (QED) is 0.567. The highest BCUT2D eigenvalue weighted by Crippen LogP contribution is 2.00. The first-order valence-electron chi connectivity index (χ1n) is 3.76. The van der Waals surface area contributed by atoms with Crippen molar-refractivity contribution in [2.24, 2.45) is 0 Å². The van der Waals surface area contributed by atoms with E-state index in [-0.39, 0.29) is 12.7 Å². The number of hydrogen-bond acceptors (Lipinski definition) is 2. The maximum atomic E-state index is 9.11. The number of hydrogen-bond donors (Lipinski definition) is 2. The third-order valence-corrected chi connectivity index (χ3v) is 1.32. The lowest BCUT2D eigenvalue weighted by Gasteiger charge is -2.01. The van der Waals surface area contributed by atoms with Gasteiger partial charge in [-0.05, 0) is 6.42 Å². The van der Waals surface area contributed by atoms with Gasteiger partial charge in [0.2, 0.25) is 0 Å². The Labute approximate surface area is 62.2 Å². The third kappa shape index (κ3) is 5.79. The largest absolute Gasteiger partial charge is 0.392 e. The Morgan fingerprint density at radius 2 is 2.20 bits per heavy atom. The fraction of sp³-hybridized carbons (Fsp3) is 0.750. The van der Waals surface area contributed by atoms with Gasteiger partial charge in [0.25, 0.3) is 0 Å². The topological polar surface area (TPSA) is 40.5 Å². The standard InChI is InChI=1S/C8H16O2/c1-2-3-5-8(10)6-4-7-9/h4,6,8-10H,2-3,5,7H2,1H3/b6-4-. The average Bonchev–Trinajstić information content (AvgIpc) is 1.97. The molecule has 0 rings (SSSR count). The summed E-state index contributed by atoms with van der Waals surface area (Å²) in [5.74, 6) is 0. The summed E-state index contributed by atoms with van der Waals surface area (Å²) >= 11 is 0. The minimum atomic E-state index is -0.368. The van der Waals surface area contributed by atoms with Crippen LogP contribution in [0.3, 0.4) is 0 Å². The van der Waals surface area contributed by atoms with E-state index in [1.807, 2.05) is 0 Å². The van der Waals surface area contributed by atoms with Crippen molar-refractivity contribution in [3.8, 4) is 0 Å². The molecule has 1 atom stereocenters. The third-order valence-electron chi connectivity index (χ3n) is 1.32. The van der Waals surface area contributed by atoms with Crippen molar-refractivity contribution in [3.05, 3.63) is 12.2 Å². The first-order valence-corrected chi connectivity index (χ1v) is 3.76. The zero-order chi connectivity index (χ0) is 7.82. The van der Waals surface area contributed by atoms with Gasteiger partial charge >= 0.3 is 0 Å². The van der Waals surface area contributed by atoms with E-state index in [9.17, 15) is 0 Å². The first kappa shape index (κ1) is 9.66. The smallest absolute Gasteiger partial charge is 0.0721 e. The monoisotopic (exact) mass is 144 g/mol.